The van der Waals surface area contributed by atoms with Crippen LogP contribution < -0.4 is 10.6 Å². The number of amides is 2. The first-order chi connectivity index (χ1) is 14.4. The van der Waals surface area contributed by atoms with Crippen LogP contribution in [-0.4, -0.2) is 42.1 Å². The number of Topliss-reactive ketones (excluding diaryl/α,β-unsaturated/α-hetero) is 1. The topological polar surface area (TPSA) is 78.5 Å². The summed E-state index contributed by atoms with van der Waals surface area (Å²) in [4.78, 5) is 38.5. The van der Waals surface area contributed by atoms with Crippen molar-refractivity contribution in [2.45, 2.75) is 26.3 Å². The summed E-state index contributed by atoms with van der Waals surface area (Å²) < 4.78 is 12.9. The summed E-state index contributed by atoms with van der Waals surface area (Å²) in [6.07, 6.45) is 1.35. The van der Waals surface area contributed by atoms with Crippen LogP contribution in [0, 0.1) is 11.7 Å². The molecule has 158 valence electrons. The van der Waals surface area contributed by atoms with Crippen LogP contribution in [0.2, 0.25) is 0 Å². The molecule has 0 spiro atoms. The van der Waals surface area contributed by atoms with Gasteiger partial charge in [0.1, 0.15) is 5.82 Å². The quantitative estimate of drug-likeness (QED) is 0.687. The maximum Gasteiger partial charge on any atom is 0.238 e. The Labute approximate surface area is 175 Å². The van der Waals surface area contributed by atoms with E-state index in [4.69, 9.17) is 0 Å². The van der Waals surface area contributed by atoms with E-state index in [1.165, 1.54) is 19.1 Å². The maximum absolute atomic E-state index is 12.9. The van der Waals surface area contributed by atoms with Gasteiger partial charge in [-0.15, -0.1) is 0 Å². The zero-order valence-corrected chi connectivity index (χ0v) is 17.0. The van der Waals surface area contributed by atoms with Crippen molar-refractivity contribution in [3.63, 3.8) is 0 Å². The van der Waals surface area contributed by atoms with Gasteiger partial charge in [-0.25, -0.2) is 4.39 Å². The summed E-state index contributed by atoms with van der Waals surface area (Å²) in [5, 5.41) is 5.71. The van der Waals surface area contributed by atoms with Gasteiger partial charge in [-0.3, -0.25) is 19.3 Å². The zero-order valence-electron chi connectivity index (χ0n) is 17.0. The number of nitrogens with one attached hydrogen (secondary N) is 2. The first kappa shape index (κ1) is 21.6. The number of halogens is 1. The SMILES string of the molecule is CC(=O)c1ccccc1NC(=O)CN1CCC(C(=O)NCc2ccc(F)cc2)CC1. The fourth-order valence-electron chi connectivity index (χ4n) is 3.58. The number of benzene rings is 2. The number of para-hydroxylation sites is 1. The van der Waals surface area contributed by atoms with E-state index < -0.39 is 0 Å². The molecule has 0 bridgehead atoms. The summed E-state index contributed by atoms with van der Waals surface area (Å²) in [6.45, 7) is 3.36. The molecule has 6 nitrogen and oxygen atoms in total. The van der Waals surface area contributed by atoms with Crippen molar-refractivity contribution in [2.75, 3.05) is 25.0 Å². The van der Waals surface area contributed by atoms with Crippen molar-refractivity contribution in [3.05, 3.63) is 65.5 Å². The molecule has 0 atom stereocenters. The van der Waals surface area contributed by atoms with Gasteiger partial charge in [0.25, 0.3) is 0 Å². The van der Waals surface area contributed by atoms with Crippen LogP contribution >= 0.6 is 0 Å². The molecular formula is C23H26FN3O3. The molecule has 1 fully saturated rings. The second kappa shape index (κ2) is 10.1. The Morgan fingerprint density at radius 1 is 1.03 bits per heavy atom. The summed E-state index contributed by atoms with van der Waals surface area (Å²) in [5.41, 5.74) is 1.86. The van der Waals surface area contributed by atoms with Crippen LogP contribution in [0.1, 0.15) is 35.7 Å². The van der Waals surface area contributed by atoms with Crippen LogP contribution in [-0.2, 0) is 16.1 Å². The van der Waals surface area contributed by atoms with E-state index >= 15 is 0 Å². The molecule has 2 aromatic rings. The largest absolute Gasteiger partial charge is 0.352 e. The average molecular weight is 411 g/mol. The number of piperidine rings is 1. The van der Waals surface area contributed by atoms with Gasteiger partial charge in [0.2, 0.25) is 11.8 Å². The number of carbonyl (C=O) groups excluding carboxylic acids is 3. The third kappa shape index (κ3) is 5.97. The number of hydrogen-bond donors (Lipinski definition) is 2. The Balaban J connectivity index is 1.43. The predicted octanol–water partition coefficient (Wildman–Crippen LogP) is 3.00. The van der Waals surface area contributed by atoms with Crippen LogP contribution in [0.4, 0.5) is 10.1 Å². The minimum Gasteiger partial charge on any atom is -0.352 e. The molecule has 2 aromatic carbocycles. The first-order valence-electron chi connectivity index (χ1n) is 10.1. The normalized spacial score (nSPS) is 14.9. The smallest absolute Gasteiger partial charge is 0.238 e. The van der Waals surface area contributed by atoms with Gasteiger partial charge in [-0.1, -0.05) is 24.3 Å². The second-order valence-corrected chi connectivity index (χ2v) is 7.54. The maximum atomic E-state index is 12.9. The highest BCUT2D eigenvalue weighted by molar-refractivity contribution is 6.04. The Hall–Kier alpha value is -3.06. The van der Waals surface area contributed by atoms with E-state index in [0.29, 0.717) is 43.7 Å². The Morgan fingerprint density at radius 2 is 1.70 bits per heavy atom. The molecule has 30 heavy (non-hydrogen) atoms. The third-order valence-corrected chi connectivity index (χ3v) is 5.29. The van der Waals surface area contributed by atoms with Gasteiger partial charge in [-0.05, 0) is 62.7 Å². The van der Waals surface area contributed by atoms with E-state index in [1.807, 2.05) is 4.90 Å². The molecule has 0 saturated carbocycles. The van der Waals surface area contributed by atoms with Crippen LogP contribution in [0.25, 0.3) is 0 Å². The Kier molecular flexibility index (Phi) is 7.30. The van der Waals surface area contributed by atoms with Crippen molar-refractivity contribution in [1.29, 1.82) is 0 Å². The van der Waals surface area contributed by atoms with Gasteiger partial charge in [-0.2, -0.15) is 0 Å². The average Bonchev–Trinajstić information content (AvgIpc) is 2.74. The lowest BCUT2D eigenvalue weighted by Gasteiger charge is -2.30. The number of carbonyl (C=O) groups is 3. The van der Waals surface area contributed by atoms with Gasteiger partial charge in [0.15, 0.2) is 5.78 Å². The fraction of sp³-hybridized carbons (Fsp3) is 0.348. The third-order valence-electron chi connectivity index (χ3n) is 5.29. The summed E-state index contributed by atoms with van der Waals surface area (Å²) in [7, 11) is 0. The van der Waals surface area contributed by atoms with Crippen molar-refractivity contribution in [3.8, 4) is 0 Å². The number of ketones is 1. The highest BCUT2D eigenvalue weighted by atomic mass is 19.1. The molecule has 1 aliphatic rings. The van der Waals surface area contributed by atoms with E-state index in [-0.39, 0.29) is 35.9 Å². The van der Waals surface area contributed by atoms with Crippen LogP contribution in [0.15, 0.2) is 48.5 Å². The van der Waals surface area contributed by atoms with Crippen LogP contribution in [0.3, 0.4) is 0 Å². The molecule has 2 amide bonds. The molecule has 0 aromatic heterocycles. The van der Waals surface area contributed by atoms with Crippen molar-refractivity contribution >= 4 is 23.3 Å². The number of rotatable bonds is 7. The molecule has 0 aliphatic carbocycles. The van der Waals surface area contributed by atoms with Crippen molar-refractivity contribution in [1.82, 2.24) is 10.2 Å². The molecule has 7 heteroatoms. The van der Waals surface area contributed by atoms with E-state index in [2.05, 4.69) is 10.6 Å². The summed E-state index contributed by atoms with van der Waals surface area (Å²) >= 11 is 0. The number of hydrogen-bond acceptors (Lipinski definition) is 4. The second-order valence-electron chi connectivity index (χ2n) is 7.54. The molecule has 0 radical (unpaired) electrons. The summed E-state index contributed by atoms with van der Waals surface area (Å²) in [6, 6.07) is 13.0. The first-order valence-corrected chi connectivity index (χ1v) is 10.1. The number of nitrogens with zero attached hydrogens (tertiary/aromatic N) is 1. The van der Waals surface area contributed by atoms with Gasteiger partial charge in [0, 0.05) is 18.0 Å². The Morgan fingerprint density at radius 3 is 2.37 bits per heavy atom. The predicted molar refractivity (Wildman–Crippen MR) is 112 cm³/mol. The minimum absolute atomic E-state index is 0.0150. The highest BCUT2D eigenvalue weighted by Crippen LogP contribution is 2.19. The van der Waals surface area contributed by atoms with E-state index in [1.54, 1.807) is 36.4 Å². The number of anilines is 1. The monoisotopic (exact) mass is 411 g/mol. The molecule has 0 unspecified atom stereocenters. The lowest BCUT2D eigenvalue weighted by Crippen LogP contribution is -2.43. The Bertz CT molecular complexity index is 906. The minimum atomic E-state index is -0.300. The molecule has 1 saturated heterocycles. The summed E-state index contributed by atoms with van der Waals surface area (Å²) in [5.74, 6) is -0.686. The van der Waals surface area contributed by atoms with Gasteiger partial charge < -0.3 is 10.6 Å². The fourth-order valence-corrected chi connectivity index (χ4v) is 3.58. The molecule has 2 N–H and O–H groups in total. The van der Waals surface area contributed by atoms with Gasteiger partial charge >= 0.3 is 0 Å². The van der Waals surface area contributed by atoms with E-state index in [0.717, 1.165) is 5.56 Å². The molecule has 3 rings (SSSR count). The highest BCUT2D eigenvalue weighted by Gasteiger charge is 2.26. The van der Waals surface area contributed by atoms with Crippen molar-refractivity contribution in [2.24, 2.45) is 5.92 Å². The standard InChI is InChI=1S/C23H26FN3O3/c1-16(28)20-4-2-3-5-21(20)26-22(29)15-27-12-10-18(11-13-27)23(30)25-14-17-6-8-19(24)9-7-17/h2-9,18H,10-15H2,1H3,(H,25,30)(H,26,29). The zero-order chi connectivity index (χ0) is 21.5. The molecule has 1 aliphatic heterocycles. The lowest BCUT2D eigenvalue weighted by atomic mass is 9.96. The van der Waals surface area contributed by atoms with E-state index in [9.17, 15) is 18.8 Å². The van der Waals surface area contributed by atoms with Gasteiger partial charge in [0.05, 0.1) is 12.2 Å². The lowest BCUT2D eigenvalue weighted by molar-refractivity contribution is -0.126. The molecule has 1 heterocycles. The van der Waals surface area contributed by atoms with Crippen molar-refractivity contribution < 1.29 is 18.8 Å². The molecular weight excluding hydrogens is 385 g/mol. The van der Waals surface area contributed by atoms with Crippen LogP contribution in [0.5, 0.6) is 0 Å². The number of likely N-dealkylation sites (tertiary alicyclic amines) is 1.